The van der Waals surface area contributed by atoms with Crippen LogP contribution in [0.1, 0.15) is 25.3 Å². The zero-order valence-corrected chi connectivity index (χ0v) is 10.7. The first kappa shape index (κ1) is 13.6. The Morgan fingerprint density at radius 2 is 2.18 bits per heavy atom. The van der Waals surface area contributed by atoms with Crippen molar-refractivity contribution in [2.75, 3.05) is 13.7 Å². The highest BCUT2D eigenvalue weighted by Crippen LogP contribution is 2.18. The van der Waals surface area contributed by atoms with Crippen molar-refractivity contribution < 1.29 is 4.74 Å². The molecule has 0 heterocycles. The maximum absolute atomic E-state index is 5.33. The lowest BCUT2D eigenvalue weighted by Crippen LogP contribution is -2.29. The normalized spacial score (nSPS) is 11.8. The summed E-state index contributed by atoms with van der Waals surface area (Å²) < 4.78 is 5.33. The molecule has 1 N–H and O–H groups in total. The predicted molar refractivity (Wildman–Crippen MR) is 72.2 cm³/mol. The van der Waals surface area contributed by atoms with Gasteiger partial charge in [0.15, 0.2) is 0 Å². The average Bonchev–Trinajstić information content (AvgIpc) is 2.35. The van der Waals surface area contributed by atoms with Gasteiger partial charge in [0.2, 0.25) is 0 Å². The van der Waals surface area contributed by atoms with Crippen LogP contribution in [-0.2, 0) is 6.42 Å². The lowest BCUT2D eigenvalue weighted by Gasteiger charge is -2.15. The first-order valence-corrected chi connectivity index (χ1v) is 6.06. The molecule has 17 heavy (non-hydrogen) atoms. The Bertz CT molecular complexity index is 367. The third-order valence-corrected chi connectivity index (χ3v) is 2.71. The summed E-state index contributed by atoms with van der Waals surface area (Å²) in [7, 11) is 1.71. The van der Waals surface area contributed by atoms with E-state index in [2.05, 4.69) is 24.2 Å². The van der Waals surface area contributed by atoms with Crippen molar-refractivity contribution in [2.24, 2.45) is 0 Å². The maximum Gasteiger partial charge on any atom is 0.122 e. The number of methoxy groups -OCH3 is 1. The summed E-state index contributed by atoms with van der Waals surface area (Å²) in [6.45, 7) is 3.16. The van der Waals surface area contributed by atoms with E-state index in [-0.39, 0.29) is 0 Å². The molecular formula is C15H21NO. The number of hydrogen-bond acceptors (Lipinski definition) is 2. The second-order valence-corrected chi connectivity index (χ2v) is 4.18. The third kappa shape index (κ3) is 4.93. The van der Waals surface area contributed by atoms with E-state index in [1.54, 1.807) is 7.11 Å². The number of ether oxygens (including phenoxy) is 1. The van der Waals surface area contributed by atoms with Gasteiger partial charge in [-0.05, 0) is 37.9 Å². The molecule has 1 rings (SSSR count). The van der Waals surface area contributed by atoms with Crippen molar-refractivity contribution in [3.8, 4) is 18.1 Å². The molecule has 0 saturated heterocycles. The van der Waals surface area contributed by atoms with E-state index in [9.17, 15) is 0 Å². The van der Waals surface area contributed by atoms with Crippen LogP contribution >= 0.6 is 0 Å². The SMILES string of the molecule is C#CCCCNC(C)Cc1ccccc1OC. The second kappa shape index (κ2) is 7.76. The second-order valence-electron chi connectivity index (χ2n) is 4.18. The van der Waals surface area contributed by atoms with Crippen LogP contribution in [-0.4, -0.2) is 19.7 Å². The molecular weight excluding hydrogens is 210 g/mol. The van der Waals surface area contributed by atoms with E-state index in [0.717, 1.165) is 31.6 Å². The Morgan fingerprint density at radius 1 is 1.41 bits per heavy atom. The molecule has 1 aromatic carbocycles. The van der Waals surface area contributed by atoms with Gasteiger partial charge in [0.1, 0.15) is 5.75 Å². The zero-order valence-electron chi connectivity index (χ0n) is 10.7. The largest absolute Gasteiger partial charge is 0.496 e. The summed E-state index contributed by atoms with van der Waals surface area (Å²) in [5, 5.41) is 3.47. The Labute approximate surface area is 104 Å². The highest BCUT2D eigenvalue weighted by molar-refractivity contribution is 5.33. The number of para-hydroxylation sites is 1. The number of hydrogen-bond donors (Lipinski definition) is 1. The molecule has 1 atom stereocenters. The molecule has 1 unspecified atom stereocenters. The van der Waals surface area contributed by atoms with Crippen molar-refractivity contribution in [1.82, 2.24) is 5.32 Å². The van der Waals surface area contributed by atoms with Crippen LogP contribution in [0.3, 0.4) is 0 Å². The van der Waals surface area contributed by atoms with Crippen LogP contribution in [0.15, 0.2) is 24.3 Å². The molecule has 0 radical (unpaired) electrons. The van der Waals surface area contributed by atoms with Gasteiger partial charge < -0.3 is 10.1 Å². The molecule has 0 amide bonds. The maximum atomic E-state index is 5.33. The molecule has 0 saturated carbocycles. The first-order chi connectivity index (χ1) is 8.27. The number of nitrogens with one attached hydrogen (secondary N) is 1. The molecule has 92 valence electrons. The summed E-state index contributed by atoms with van der Waals surface area (Å²) in [5.41, 5.74) is 1.24. The topological polar surface area (TPSA) is 21.3 Å². The van der Waals surface area contributed by atoms with Crippen LogP contribution < -0.4 is 10.1 Å². The zero-order chi connectivity index (χ0) is 12.5. The summed E-state index contributed by atoms with van der Waals surface area (Å²) in [5.74, 6) is 3.61. The van der Waals surface area contributed by atoms with Crippen LogP contribution in [0.2, 0.25) is 0 Å². The van der Waals surface area contributed by atoms with Gasteiger partial charge in [-0.1, -0.05) is 18.2 Å². The van der Waals surface area contributed by atoms with E-state index in [1.807, 2.05) is 18.2 Å². The standard InChI is InChI=1S/C15H21NO/c1-4-5-8-11-16-13(2)12-14-9-6-7-10-15(14)17-3/h1,6-7,9-10,13,16H,5,8,11-12H2,2-3H3. The van der Waals surface area contributed by atoms with Crippen LogP contribution in [0.5, 0.6) is 5.75 Å². The molecule has 0 aliphatic carbocycles. The van der Waals surface area contributed by atoms with Crippen molar-refractivity contribution in [3.63, 3.8) is 0 Å². The smallest absolute Gasteiger partial charge is 0.122 e. The fourth-order valence-electron chi connectivity index (χ4n) is 1.81. The van der Waals surface area contributed by atoms with Crippen molar-refractivity contribution in [1.29, 1.82) is 0 Å². The van der Waals surface area contributed by atoms with E-state index < -0.39 is 0 Å². The molecule has 0 aliphatic heterocycles. The predicted octanol–water partition coefficient (Wildman–Crippen LogP) is 2.63. The van der Waals surface area contributed by atoms with Crippen molar-refractivity contribution >= 4 is 0 Å². The van der Waals surface area contributed by atoms with E-state index in [1.165, 1.54) is 5.56 Å². The van der Waals surface area contributed by atoms with Crippen LogP contribution in [0, 0.1) is 12.3 Å². The molecule has 0 spiro atoms. The summed E-state index contributed by atoms with van der Waals surface area (Å²) in [4.78, 5) is 0. The van der Waals surface area contributed by atoms with Crippen LogP contribution in [0.25, 0.3) is 0 Å². The monoisotopic (exact) mass is 231 g/mol. The number of unbranched alkanes of at least 4 members (excludes halogenated alkanes) is 1. The van der Waals surface area contributed by atoms with E-state index in [4.69, 9.17) is 11.2 Å². The van der Waals surface area contributed by atoms with Gasteiger partial charge in [0, 0.05) is 12.5 Å². The number of benzene rings is 1. The first-order valence-electron chi connectivity index (χ1n) is 6.06. The fourth-order valence-corrected chi connectivity index (χ4v) is 1.81. The molecule has 0 aromatic heterocycles. The van der Waals surface area contributed by atoms with Gasteiger partial charge in [-0.15, -0.1) is 12.3 Å². The summed E-state index contributed by atoms with van der Waals surface area (Å²) in [6, 6.07) is 8.58. The van der Waals surface area contributed by atoms with Gasteiger partial charge in [-0.25, -0.2) is 0 Å². The average molecular weight is 231 g/mol. The summed E-state index contributed by atoms with van der Waals surface area (Å²) >= 11 is 0. The Kier molecular flexibility index (Phi) is 6.21. The highest BCUT2D eigenvalue weighted by Gasteiger charge is 2.06. The van der Waals surface area contributed by atoms with Crippen molar-refractivity contribution in [2.45, 2.75) is 32.2 Å². The van der Waals surface area contributed by atoms with Crippen LogP contribution in [0.4, 0.5) is 0 Å². The lowest BCUT2D eigenvalue weighted by molar-refractivity contribution is 0.406. The third-order valence-electron chi connectivity index (χ3n) is 2.71. The van der Waals surface area contributed by atoms with Crippen molar-refractivity contribution in [3.05, 3.63) is 29.8 Å². The minimum absolute atomic E-state index is 0.434. The minimum Gasteiger partial charge on any atom is -0.496 e. The Balaban J connectivity index is 2.39. The lowest BCUT2D eigenvalue weighted by atomic mass is 10.1. The Hall–Kier alpha value is -1.46. The highest BCUT2D eigenvalue weighted by atomic mass is 16.5. The van der Waals surface area contributed by atoms with Gasteiger partial charge in [-0.3, -0.25) is 0 Å². The molecule has 0 fully saturated rings. The quantitative estimate of drug-likeness (QED) is 0.575. The van der Waals surface area contributed by atoms with E-state index >= 15 is 0 Å². The molecule has 0 aliphatic rings. The molecule has 2 heteroatoms. The molecule has 0 bridgehead atoms. The van der Waals surface area contributed by atoms with Gasteiger partial charge in [0.05, 0.1) is 7.11 Å². The van der Waals surface area contributed by atoms with Gasteiger partial charge in [0.25, 0.3) is 0 Å². The van der Waals surface area contributed by atoms with Gasteiger partial charge >= 0.3 is 0 Å². The number of terminal acetylenes is 1. The number of rotatable bonds is 7. The fraction of sp³-hybridized carbons (Fsp3) is 0.467. The minimum atomic E-state index is 0.434. The summed E-state index contributed by atoms with van der Waals surface area (Å²) in [6.07, 6.45) is 8.06. The van der Waals surface area contributed by atoms with Gasteiger partial charge in [-0.2, -0.15) is 0 Å². The Morgan fingerprint density at radius 3 is 2.88 bits per heavy atom. The van der Waals surface area contributed by atoms with E-state index in [0.29, 0.717) is 6.04 Å². The molecule has 1 aromatic rings. The molecule has 2 nitrogen and oxygen atoms in total.